The Bertz CT molecular complexity index is 994. The molecule has 170 valence electrons. The number of allylic oxidation sites excluding steroid dienone is 2. The Kier molecular flexibility index (Phi) is 10.9. The summed E-state index contributed by atoms with van der Waals surface area (Å²) >= 11 is 0. The van der Waals surface area contributed by atoms with Crippen LogP contribution in [0.25, 0.3) is 10.8 Å². The van der Waals surface area contributed by atoms with Gasteiger partial charge in [-0.15, -0.1) is 0 Å². The number of aromatic nitrogens is 1. The van der Waals surface area contributed by atoms with Crippen LogP contribution in [0.5, 0.6) is 5.75 Å². The summed E-state index contributed by atoms with van der Waals surface area (Å²) in [6, 6.07) is 20.0. The Hall–Kier alpha value is -3.27. The summed E-state index contributed by atoms with van der Waals surface area (Å²) < 4.78 is 5.88. The molecule has 0 radical (unpaired) electrons. The number of anilines is 1. The smallest absolute Gasteiger partial charge is 0.138 e. The van der Waals surface area contributed by atoms with Crippen LogP contribution in [0, 0.1) is 0 Å². The van der Waals surface area contributed by atoms with Crippen molar-refractivity contribution in [3.8, 4) is 5.75 Å². The number of unbranched alkanes of at least 4 members (excludes halogenated alkanes) is 1. The Morgan fingerprint density at radius 1 is 0.969 bits per heavy atom. The van der Waals surface area contributed by atoms with Crippen molar-refractivity contribution in [1.29, 1.82) is 0 Å². The molecule has 1 heterocycles. The van der Waals surface area contributed by atoms with E-state index in [0.717, 1.165) is 52.4 Å². The van der Waals surface area contributed by atoms with E-state index in [1.807, 2.05) is 55.5 Å². The number of rotatable bonds is 10. The number of nitrogens with one attached hydrogen (secondary N) is 2. The number of para-hydroxylation sites is 1. The number of hydrogen-bond donors (Lipinski definition) is 2. The van der Waals surface area contributed by atoms with E-state index in [2.05, 4.69) is 56.2 Å². The average Bonchev–Trinajstić information content (AvgIpc) is 2.82. The maximum absolute atomic E-state index is 5.88. The van der Waals surface area contributed by atoms with Crippen LogP contribution in [-0.4, -0.2) is 11.5 Å². The second-order valence-corrected chi connectivity index (χ2v) is 7.69. The highest BCUT2D eigenvalue weighted by Gasteiger charge is 2.07. The Morgan fingerprint density at radius 2 is 1.66 bits per heavy atom. The first-order chi connectivity index (χ1) is 15.6. The standard InChI is InChI=1S/C24H27N3O.C4H10/c1-4-14-25-18(2)15-19(3)26-24-23-13-9-8-10-20(23)16-21(27-24)17-28-22-11-6-5-7-12-22;1-3-4-2/h5-13,15-16,25H,3-4,14,17H2,1-2H3,(H,26,27);3-4H2,1-2H3/b18-15-;. The maximum atomic E-state index is 5.88. The van der Waals surface area contributed by atoms with Crippen LogP contribution in [0.4, 0.5) is 5.82 Å². The predicted octanol–water partition coefficient (Wildman–Crippen LogP) is 7.45. The highest BCUT2D eigenvalue weighted by atomic mass is 16.5. The molecule has 0 atom stereocenters. The van der Waals surface area contributed by atoms with E-state index in [4.69, 9.17) is 9.72 Å². The molecule has 4 heteroatoms. The van der Waals surface area contributed by atoms with Gasteiger partial charge in [-0.3, -0.25) is 0 Å². The zero-order valence-corrected chi connectivity index (χ0v) is 19.9. The number of hydrogen-bond acceptors (Lipinski definition) is 4. The molecule has 4 nitrogen and oxygen atoms in total. The molecule has 0 saturated carbocycles. The molecule has 0 amide bonds. The van der Waals surface area contributed by atoms with Crippen LogP contribution >= 0.6 is 0 Å². The fourth-order valence-electron chi connectivity index (χ4n) is 2.92. The lowest BCUT2D eigenvalue weighted by atomic mass is 10.1. The largest absolute Gasteiger partial charge is 0.487 e. The molecule has 0 spiro atoms. The fraction of sp³-hybridized carbons (Fsp3) is 0.321. The molecule has 2 N–H and O–H groups in total. The summed E-state index contributed by atoms with van der Waals surface area (Å²) in [6.45, 7) is 14.0. The Balaban J connectivity index is 0.000000837. The van der Waals surface area contributed by atoms with Gasteiger partial charge in [-0.05, 0) is 43.0 Å². The number of fused-ring (bicyclic) bond motifs is 1. The lowest BCUT2D eigenvalue weighted by Gasteiger charge is -2.13. The van der Waals surface area contributed by atoms with Crippen LogP contribution in [0.1, 0.15) is 52.7 Å². The van der Waals surface area contributed by atoms with E-state index >= 15 is 0 Å². The van der Waals surface area contributed by atoms with Gasteiger partial charge in [0, 0.05) is 23.3 Å². The topological polar surface area (TPSA) is 46.2 Å². The van der Waals surface area contributed by atoms with Crippen molar-refractivity contribution >= 4 is 16.6 Å². The maximum Gasteiger partial charge on any atom is 0.138 e. The van der Waals surface area contributed by atoms with E-state index in [1.165, 1.54) is 12.8 Å². The monoisotopic (exact) mass is 431 g/mol. The summed E-state index contributed by atoms with van der Waals surface area (Å²) in [5.74, 6) is 1.62. The van der Waals surface area contributed by atoms with Gasteiger partial charge in [0.15, 0.2) is 0 Å². The van der Waals surface area contributed by atoms with Crippen LogP contribution in [-0.2, 0) is 6.61 Å². The molecule has 0 saturated heterocycles. The first-order valence-electron chi connectivity index (χ1n) is 11.5. The van der Waals surface area contributed by atoms with Crippen molar-refractivity contribution < 1.29 is 4.74 Å². The molecular formula is C28H37N3O. The van der Waals surface area contributed by atoms with Crippen LogP contribution < -0.4 is 15.4 Å². The molecule has 0 aliphatic rings. The van der Waals surface area contributed by atoms with Gasteiger partial charge in [-0.25, -0.2) is 4.98 Å². The van der Waals surface area contributed by atoms with Crippen molar-refractivity contribution in [2.75, 3.05) is 11.9 Å². The molecule has 32 heavy (non-hydrogen) atoms. The first-order valence-corrected chi connectivity index (χ1v) is 11.5. The SMILES string of the molecule is C=C(/C=C(/C)NCCC)Nc1nc(COc2ccccc2)cc2ccccc12.CCCC. The highest BCUT2D eigenvalue weighted by Crippen LogP contribution is 2.24. The van der Waals surface area contributed by atoms with Gasteiger partial charge in [0.2, 0.25) is 0 Å². The Labute approximate surface area is 193 Å². The lowest BCUT2D eigenvalue weighted by molar-refractivity contribution is 0.302. The quantitative estimate of drug-likeness (QED) is 0.327. The van der Waals surface area contributed by atoms with Crippen molar-refractivity contribution in [2.45, 2.75) is 53.6 Å². The molecule has 3 aromatic rings. The molecule has 0 bridgehead atoms. The van der Waals surface area contributed by atoms with Gasteiger partial charge in [-0.2, -0.15) is 0 Å². The van der Waals surface area contributed by atoms with Crippen LogP contribution in [0.2, 0.25) is 0 Å². The van der Waals surface area contributed by atoms with Crippen molar-refractivity contribution in [3.05, 3.63) is 90.4 Å². The molecule has 0 aliphatic heterocycles. The number of nitrogens with zero attached hydrogens (tertiary/aromatic N) is 1. The van der Waals surface area contributed by atoms with Crippen molar-refractivity contribution in [2.24, 2.45) is 0 Å². The zero-order chi connectivity index (χ0) is 23.2. The van der Waals surface area contributed by atoms with Gasteiger partial charge in [0.1, 0.15) is 18.2 Å². The molecular weight excluding hydrogens is 394 g/mol. The van der Waals surface area contributed by atoms with E-state index in [9.17, 15) is 0 Å². The highest BCUT2D eigenvalue weighted by molar-refractivity contribution is 5.92. The normalized spacial score (nSPS) is 10.8. The first kappa shape index (κ1) is 25.0. The molecule has 0 fully saturated rings. The third kappa shape index (κ3) is 8.46. The third-order valence-corrected chi connectivity index (χ3v) is 4.75. The second-order valence-electron chi connectivity index (χ2n) is 7.69. The summed E-state index contributed by atoms with van der Waals surface area (Å²) in [5.41, 5.74) is 2.73. The summed E-state index contributed by atoms with van der Waals surface area (Å²) in [4.78, 5) is 4.78. The van der Waals surface area contributed by atoms with Gasteiger partial charge in [0.05, 0.1) is 5.69 Å². The number of benzene rings is 2. The van der Waals surface area contributed by atoms with Gasteiger partial charge in [-0.1, -0.05) is 82.7 Å². The average molecular weight is 432 g/mol. The van der Waals surface area contributed by atoms with Gasteiger partial charge < -0.3 is 15.4 Å². The number of pyridine rings is 1. The molecule has 0 unspecified atom stereocenters. The van der Waals surface area contributed by atoms with E-state index in [-0.39, 0.29) is 0 Å². The van der Waals surface area contributed by atoms with E-state index < -0.39 is 0 Å². The summed E-state index contributed by atoms with van der Waals surface area (Å²) in [7, 11) is 0. The minimum Gasteiger partial charge on any atom is -0.487 e. The number of ether oxygens (including phenoxy) is 1. The fourth-order valence-corrected chi connectivity index (χ4v) is 2.92. The van der Waals surface area contributed by atoms with E-state index in [0.29, 0.717) is 6.61 Å². The van der Waals surface area contributed by atoms with Gasteiger partial charge >= 0.3 is 0 Å². The van der Waals surface area contributed by atoms with Crippen LogP contribution in [0.3, 0.4) is 0 Å². The van der Waals surface area contributed by atoms with Crippen LogP contribution in [0.15, 0.2) is 84.7 Å². The van der Waals surface area contributed by atoms with Crippen molar-refractivity contribution in [1.82, 2.24) is 10.3 Å². The Morgan fingerprint density at radius 3 is 2.34 bits per heavy atom. The zero-order valence-electron chi connectivity index (χ0n) is 19.9. The summed E-state index contributed by atoms with van der Waals surface area (Å²) in [5, 5.41) is 8.88. The molecule has 2 aromatic carbocycles. The minimum atomic E-state index is 0.406. The lowest BCUT2D eigenvalue weighted by Crippen LogP contribution is -2.12. The minimum absolute atomic E-state index is 0.406. The second kappa shape index (κ2) is 13.9. The van der Waals surface area contributed by atoms with E-state index in [1.54, 1.807) is 0 Å². The predicted molar refractivity (Wildman–Crippen MR) is 138 cm³/mol. The molecule has 0 aliphatic carbocycles. The van der Waals surface area contributed by atoms with Gasteiger partial charge in [0.25, 0.3) is 0 Å². The van der Waals surface area contributed by atoms with Crippen molar-refractivity contribution in [3.63, 3.8) is 0 Å². The third-order valence-electron chi connectivity index (χ3n) is 4.75. The molecule has 1 aromatic heterocycles. The molecule has 3 rings (SSSR count). The summed E-state index contributed by atoms with van der Waals surface area (Å²) in [6.07, 6.45) is 5.72.